The zero-order valence-corrected chi connectivity index (χ0v) is 27.2. The van der Waals surface area contributed by atoms with Crippen molar-refractivity contribution in [2.45, 2.75) is 38.3 Å². The molecule has 248 valence electrons. The highest BCUT2D eigenvalue weighted by Crippen LogP contribution is 2.33. The molecule has 47 heavy (non-hydrogen) atoms. The minimum atomic E-state index is -0.413. The molecule has 0 aliphatic carbocycles. The van der Waals surface area contributed by atoms with Gasteiger partial charge in [0.05, 0.1) is 19.5 Å². The van der Waals surface area contributed by atoms with E-state index in [-0.39, 0.29) is 56.7 Å². The minimum Gasteiger partial charge on any atom is -0.454 e. The van der Waals surface area contributed by atoms with Crippen LogP contribution in [0.25, 0.3) is 10.8 Å². The van der Waals surface area contributed by atoms with Crippen LogP contribution >= 0.6 is 0 Å². The standard InChI is InChI=1S/C36H43N5O6/c1-25(29-11-6-9-27-8-4-5-10-30(27)29)40-18-15-28(16-19-40)41(36(45)21-26-13-14-31-32(20-26)47-24-46-31)23-34(43)38-22-33(42)37-17-7-12-35(44)39(2)3/h4-14,20,25,28H,15-19,21-24H2,1-3H3,(H,37,42)(H,38,43)/b12-7+. The van der Waals surface area contributed by atoms with E-state index >= 15 is 0 Å². The number of nitrogens with one attached hydrogen (secondary N) is 2. The number of hydrogen-bond donors (Lipinski definition) is 2. The Balaban J connectivity index is 1.21. The Morgan fingerprint density at radius 3 is 2.47 bits per heavy atom. The third kappa shape index (κ3) is 8.68. The molecule has 4 amide bonds. The van der Waals surface area contributed by atoms with Crippen molar-refractivity contribution < 1.29 is 28.7 Å². The number of rotatable bonds is 12. The molecular formula is C36H43N5O6. The predicted octanol–water partition coefficient (Wildman–Crippen LogP) is 3.04. The fourth-order valence-corrected chi connectivity index (χ4v) is 6.08. The summed E-state index contributed by atoms with van der Waals surface area (Å²) in [4.78, 5) is 56.4. The van der Waals surface area contributed by atoms with Crippen molar-refractivity contribution in [1.29, 1.82) is 0 Å². The van der Waals surface area contributed by atoms with Gasteiger partial charge < -0.3 is 29.9 Å². The molecule has 1 unspecified atom stereocenters. The summed E-state index contributed by atoms with van der Waals surface area (Å²) in [5.74, 6) is 0.0791. The van der Waals surface area contributed by atoms with Crippen molar-refractivity contribution in [1.82, 2.24) is 25.3 Å². The number of carbonyl (C=O) groups excluding carboxylic acids is 4. The molecule has 1 fully saturated rings. The molecular weight excluding hydrogens is 598 g/mol. The summed E-state index contributed by atoms with van der Waals surface area (Å²) >= 11 is 0. The molecule has 1 saturated heterocycles. The first-order chi connectivity index (χ1) is 22.7. The number of likely N-dealkylation sites (N-methyl/N-ethyl adjacent to an activating group) is 1. The molecule has 2 heterocycles. The Bertz CT molecular complexity index is 1630. The molecule has 3 aromatic carbocycles. The van der Waals surface area contributed by atoms with E-state index in [1.807, 2.05) is 12.1 Å². The number of amides is 4. The normalized spacial score (nSPS) is 15.4. The van der Waals surface area contributed by atoms with Crippen LogP contribution in [0.2, 0.25) is 0 Å². The first-order valence-corrected chi connectivity index (χ1v) is 16.0. The third-order valence-electron chi connectivity index (χ3n) is 8.75. The van der Waals surface area contributed by atoms with Crippen molar-refractivity contribution in [3.05, 3.63) is 83.9 Å². The van der Waals surface area contributed by atoms with Gasteiger partial charge >= 0.3 is 0 Å². The SMILES string of the molecule is CC(c1cccc2ccccc12)N1CCC(N(CC(=O)NCC(=O)NC/C=C/C(=O)N(C)C)C(=O)Cc2ccc3c(c2)OCO3)CC1. The maximum absolute atomic E-state index is 13.8. The molecule has 3 aromatic rings. The van der Waals surface area contributed by atoms with Gasteiger partial charge in [0.25, 0.3) is 0 Å². The predicted molar refractivity (Wildman–Crippen MR) is 179 cm³/mol. The molecule has 1 atom stereocenters. The molecule has 2 aliphatic heterocycles. The summed E-state index contributed by atoms with van der Waals surface area (Å²) < 4.78 is 10.9. The Labute approximate surface area is 275 Å². The zero-order valence-electron chi connectivity index (χ0n) is 27.2. The zero-order chi connectivity index (χ0) is 33.3. The van der Waals surface area contributed by atoms with E-state index in [2.05, 4.69) is 58.9 Å². The Kier molecular flexibility index (Phi) is 11.1. The summed E-state index contributed by atoms with van der Waals surface area (Å²) in [6.45, 7) is 3.68. The van der Waals surface area contributed by atoms with Gasteiger partial charge in [-0.25, -0.2) is 0 Å². The number of benzene rings is 3. The van der Waals surface area contributed by atoms with Gasteiger partial charge in [0.15, 0.2) is 11.5 Å². The van der Waals surface area contributed by atoms with Crippen molar-refractivity contribution >= 4 is 34.4 Å². The molecule has 0 spiro atoms. The van der Waals surface area contributed by atoms with E-state index in [4.69, 9.17) is 9.47 Å². The summed E-state index contributed by atoms with van der Waals surface area (Å²) in [6, 6.07) is 20.3. The van der Waals surface area contributed by atoms with Crippen LogP contribution in [0.15, 0.2) is 72.8 Å². The van der Waals surface area contributed by atoms with Crippen LogP contribution in [0.5, 0.6) is 11.5 Å². The maximum atomic E-state index is 13.8. The van der Waals surface area contributed by atoms with E-state index in [9.17, 15) is 19.2 Å². The fraction of sp³-hybridized carbons (Fsp3) is 0.389. The lowest BCUT2D eigenvalue weighted by molar-refractivity contribution is -0.139. The van der Waals surface area contributed by atoms with Gasteiger partial charge in [0.1, 0.15) is 0 Å². The van der Waals surface area contributed by atoms with E-state index in [0.717, 1.165) is 18.7 Å². The third-order valence-corrected chi connectivity index (χ3v) is 8.75. The molecule has 2 N–H and O–H groups in total. The van der Waals surface area contributed by atoms with E-state index in [1.165, 1.54) is 27.3 Å². The number of hydrogen-bond acceptors (Lipinski definition) is 7. The second-order valence-electron chi connectivity index (χ2n) is 12.1. The van der Waals surface area contributed by atoms with Crippen LogP contribution < -0.4 is 20.1 Å². The number of fused-ring (bicyclic) bond motifs is 2. The van der Waals surface area contributed by atoms with E-state index in [1.54, 1.807) is 37.2 Å². The Morgan fingerprint density at radius 2 is 1.68 bits per heavy atom. The molecule has 0 aromatic heterocycles. The summed E-state index contributed by atoms with van der Waals surface area (Å²) in [5, 5.41) is 7.74. The van der Waals surface area contributed by atoms with Crippen molar-refractivity contribution in [2.24, 2.45) is 0 Å². The van der Waals surface area contributed by atoms with E-state index < -0.39 is 11.8 Å². The first kappa shape index (κ1) is 33.5. The summed E-state index contributed by atoms with van der Waals surface area (Å²) in [5.41, 5.74) is 2.04. The van der Waals surface area contributed by atoms with Crippen LogP contribution in [0.4, 0.5) is 0 Å². The van der Waals surface area contributed by atoms with Gasteiger partial charge in [-0.05, 0) is 53.8 Å². The monoisotopic (exact) mass is 641 g/mol. The van der Waals surface area contributed by atoms with Gasteiger partial charge in [0, 0.05) is 51.9 Å². The molecule has 5 rings (SSSR count). The summed E-state index contributed by atoms with van der Waals surface area (Å²) in [7, 11) is 3.28. The van der Waals surface area contributed by atoms with E-state index in [0.29, 0.717) is 24.3 Å². The lowest BCUT2D eigenvalue weighted by Gasteiger charge is -2.41. The quantitative estimate of drug-likeness (QED) is 0.292. The molecule has 11 nitrogen and oxygen atoms in total. The van der Waals surface area contributed by atoms with Gasteiger partial charge in [-0.2, -0.15) is 0 Å². The van der Waals surface area contributed by atoms with Gasteiger partial charge in [-0.1, -0.05) is 54.6 Å². The van der Waals surface area contributed by atoms with Crippen LogP contribution in [0.3, 0.4) is 0 Å². The second kappa shape index (κ2) is 15.6. The molecule has 0 bridgehead atoms. The van der Waals surface area contributed by atoms with Crippen LogP contribution in [0.1, 0.15) is 36.9 Å². The average Bonchev–Trinajstić information content (AvgIpc) is 3.55. The molecule has 0 radical (unpaired) electrons. The van der Waals surface area contributed by atoms with Crippen molar-refractivity contribution in [2.75, 3.05) is 53.6 Å². The average molecular weight is 642 g/mol. The summed E-state index contributed by atoms with van der Waals surface area (Å²) in [6.07, 6.45) is 4.46. The largest absolute Gasteiger partial charge is 0.454 e. The smallest absolute Gasteiger partial charge is 0.245 e. The highest BCUT2D eigenvalue weighted by molar-refractivity contribution is 5.90. The highest BCUT2D eigenvalue weighted by atomic mass is 16.7. The van der Waals surface area contributed by atoms with Crippen molar-refractivity contribution in [3.8, 4) is 11.5 Å². The number of piperidine rings is 1. The molecule has 0 saturated carbocycles. The van der Waals surface area contributed by atoms with Crippen molar-refractivity contribution in [3.63, 3.8) is 0 Å². The highest BCUT2D eigenvalue weighted by Gasteiger charge is 2.32. The molecule has 2 aliphatic rings. The fourth-order valence-electron chi connectivity index (χ4n) is 6.08. The Morgan fingerprint density at radius 1 is 0.936 bits per heavy atom. The molecule has 11 heteroatoms. The lowest BCUT2D eigenvalue weighted by atomic mass is 9.95. The number of likely N-dealkylation sites (tertiary alicyclic amines) is 1. The second-order valence-corrected chi connectivity index (χ2v) is 12.1. The van der Waals surface area contributed by atoms with Gasteiger partial charge in [-0.15, -0.1) is 0 Å². The first-order valence-electron chi connectivity index (χ1n) is 16.0. The number of carbonyl (C=O) groups is 4. The topological polar surface area (TPSA) is 121 Å². The minimum absolute atomic E-state index is 0.106. The maximum Gasteiger partial charge on any atom is 0.245 e. The Hall–Kier alpha value is -4.90. The van der Waals surface area contributed by atoms with Crippen LogP contribution in [-0.4, -0.2) is 98.0 Å². The van der Waals surface area contributed by atoms with Gasteiger partial charge in [-0.3, -0.25) is 24.1 Å². The number of ether oxygens (including phenoxy) is 2. The lowest BCUT2D eigenvalue weighted by Crippen LogP contribution is -2.52. The number of nitrogens with zero attached hydrogens (tertiary/aromatic N) is 3. The van der Waals surface area contributed by atoms with Crippen LogP contribution in [-0.2, 0) is 25.6 Å². The van der Waals surface area contributed by atoms with Crippen LogP contribution in [0, 0.1) is 0 Å². The van der Waals surface area contributed by atoms with Gasteiger partial charge in [0.2, 0.25) is 30.4 Å².